The molecule has 1 aromatic rings. The van der Waals surface area contributed by atoms with Crippen LogP contribution in [0.4, 0.5) is 11.6 Å². The van der Waals surface area contributed by atoms with Crippen LogP contribution in [0.15, 0.2) is 0 Å². The Labute approximate surface area is 107 Å². The number of rotatable bonds is 4. The molecule has 0 spiro atoms. The summed E-state index contributed by atoms with van der Waals surface area (Å²) < 4.78 is 0. The molecule has 0 aromatic carbocycles. The summed E-state index contributed by atoms with van der Waals surface area (Å²) in [5.74, 6) is 0.898. The van der Waals surface area contributed by atoms with Crippen molar-refractivity contribution >= 4 is 11.6 Å². The molecule has 0 aliphatic carbocycles. The maximum absolute atomic E-state index is 9.15. The SMILES string of the molecule is CCN(CC)c1nc(C#N)c(N(C)C)nc1C#N. The smallest absolute Gasteiger partial charge is 0.185 e. The monoisotopic (exact) mass is 244 g/mol. The Morgan fingerprint density at radius 1 is 0.944 bits per heavy atom. The third-order valence-corrected chi connectivity index (χ3v) is 2.56. The summed E-state index contributed by atoms with van der Waals surface area (Å²) in [7, 11) is 3.53. The minimum absolute atomic E-state index is 0.237. The molecule has 0 saturated carbocycles. The molecule has 6 heteroatoms. The molecule has 0 unspecified atom stereocenters. The van der Waals surface area contributed by atoms with Crippen LogP contribution in [0, 0.1) is 22.7 Å². The second-order valence-corrected chi connectivity index (χ2v) is 3.86. The summed E-state index contributed by atoms with van der Waals surface area (Å²) in [5, 5.41) is 18.2. The van der Waals surface area contributed by atoms with Crippen molar-refractivity contribution in [3.05, 3.63) is 11.4 Å². The van der Waals surface area contributed by atoms with Crippen LogP contribution in [0.1, 0.15) is 25.2 Å². The quantitative estimate of drug-likeness (QED) is 0.790. The molecule has 18 heavy (non-hydrogen) atoms. The lowest BCUT2D eigenvalue weighted by molar-refractivity contribution is 0.832. The molecule has 1 aromatic heterocycles. The van der Waals surface area contributed by atoms with E-state index in [1.807, 2.05) is 30.9 Å². The van der Waals surface area contributed by atoms with Gasteiger partial charge in [0.25, 0.3) is 0 Å². The van der Waals surface area contributed by atoms with E-state index in [1.165, 1.54) is 0 Å². The zero-order valence-electron chi connectivity index (χ0n) is 11.1. The van der Waals surface area contributed by atoms with Gasteiger partial charge in [0, 0.05) is 27.2 Å². The molecule has 0 fully saturated rings. The fourth-order valence-corrected chi connectivity index (χ4v) is 1.62. The zero-order valence-corrected chi connectivity index (χ0v) is 11.1. The summed E-state index contributed by atoms with van der Waals surface area (Å²) in [6.45, 7) is 5.37. The molecular weight excluding hydrogens is 228 g/mol. The Morgan fingerprint density at radius 3 is 1.78 bits per heavy atom. The Kier molecular flexibility index (Phi) is 4.45. The fraction of sp³-hybridized carbons (Fsp3) is 0.500. The third-order valence-electron chi connectivity index (χ3n) is 2.56. The predicted octanol–water partition coefficient (Wildman–Crippen LogP) is 1.13. The lowest BCUT2D eigenvalue weighted by Crippen LogP contribution is -2.26. The molecular formula is C12H16N6. The van der Waals surface area contributed by atoms with Crippen molar-refractivity contribution in [2.75, 3.05) is 37.0 Å². The number of hydrogen-bond acceptors (Lipinski definition) is 6. The topological polar surface area (TPSA) is 79.8 Å². The number of anilines is 2. The average Bonchev–Trinajstić information content (AvgIpc) is 2.39. The summed E-state index contributed by atoms with van der Waals surface area (Å²) in [6, 6.07) is 4.06. The van der Waals surface area contributed by atoms with Gasteiger partial charge >= 0.3 is 0 Å². The van der Waals surface area contributed by atoms with Crippen LogP contribution < -0.4 is 9.80 Å². The largest absolute Gasteiger partial charge is 0.360 e. The van der Waals surface area contributed by atoms with Crippen molar-refractivity contribution in [3.63, 3.8) is 0 Å². The average molecular weight is 244 g/mol. The van der Waals surface area contributed by atoms with E-state index in [4.69, 9.17) is 10.5 Å². The van der Waals surface area contributed by atoms with Gasteiger partial charge in [-0.25, -0.2) is 9.97 Å². The predicted molar refractivity (Wildman–Crippen MR) is 69.4 cm³/mol. The Balaban J connectivity index is 3.46. The van der Waals surface area contributed by atoms with E-state index in [9.17, 15) is 0 Å². The van der Waals surface area contributed by atoms with E-state index >= 15 is 0 Å². The fourth-order valence-electron chi connectivity index (χ4n) is 1.62. The molecule has 0 bridgehead atoms. The Hall–Kier alpha value is -2.34. The van der Waals surface area contributed by atoms with Gasteiger partial charge in [-0.2, -0.15) is 10.5 Å². The van der Waals surface area contributed by atoms with Crippen LogP contribution in [0.25, 0.3) is 0 Å². The van der Waals surface area contributed by atoms with Gasteiger partial charge in [-0.15, -0.1) is 0 Å². The second kappa shape index (κ2) is 5.83. The third kappa shape index (κ3) is 2.49. The van der Waals surface area contributed by atoms with E-state index in [1.54, 1.807) is 19.0 Å². The van der Waals surface area contributed by atoms with Crippen LogP contribution in [0.5, 0.6) is 0 Å². The highest BCUT2D eigenvalue weighted by molar-refractivity contribution is 5.59. The first-order valence-corrected chi connectivity index (χ1v) is 5.73. The van der Waals surface area contributed by atoms with Gasteiger partial charge in [-0.3, -0.25) is 0 Å². The van der Waals surface area contributed by atoms with Crippen molar-refractivity contribution < 1.29 is 0 Å². The van der Waals surface area contributed by atoms with Crippen LogP contribution in [0.3, 0.4) is 0 Å². The van der Waals surface area contributed by atoms with Gasteiger partial charge in [-0.1, -0.05) is 0 Å². The summed E-state index contributed by atoms with van der Waals surface area (Å²) in [4.78, 5) is 12.1. The first-order valence-electron chi connectivity index (χ1n) is 5.73. The summed E-state index contributed by atoms with van der Waals surface area (Å²) >= 11 is 0. The van der Waals surface area contributed by atoms with E-state index in [0.29, 0.717) is 24.7 Å². The molecule has 0 saturated heterocycles. The van der Waals surface area contributed by atoms with E-state index in [0.717, 1.165) is 0 Å². The van der Waals surface area contributed by atoms with Crippen molar-refractivity contribution in [3.8, 4) is 12.1 Å². The lowest BCUT2D eigenvalue weighted by atomic mass is 10.3. The van der Waals surface area contributed by atoms with Crippen molar-refractivity contribution in [1.82, 2.24) is 9.97 Å². The van der Waals surface area contributed by atoms with E-state index in [-0.39, 0.29) is 11.4 Å². The van der Waals surface area contributed by atoms with Crippen molar-refractivity contribution in [2.45, 2.75) is 13.8 Å². The molecule has 0 aliphatic rings. The van der Waals surface area contributed by atoms with Crippen LogP contribution in [-0.4, -0.2) is 37.2 Å². The van der Waals surface area contributed by atoms with Crippen LogP contribution in [0.2, 0.25) is 0 Å². The normalized spacial score (nSPS) is 9.44. The minimum Gasteiger partial charge on any atom is -0.360 e. The van der Waals surface area contributed by atoms with Gasteiger partial charge in [-0.05, 0) is 13.8 Å². The van der Waals surface area contributed by atoms with E-state index < -0.39 is 0 Å². The maximum Gasteiger partial charge on any atom is 0.185 e. The highest BCUT2D eigenvalue weighted by Gasteiger charge is 2.17. The number of nitrogens with zero attached hydrogens (tertiary/aromatic N) is 6. The highest BCUT2D eigenvalue weighted by Crippen LogP contribution is 2.21. The molecule has 1 heterocycles. The van der Waals surface area contributed by atoms with Gasteiger partial charge in [0.15, 0.2) is 23.0 Å². The molecule has 0 amide bonds. The van der Waals surface area contributed by atoms with Gasteiger partial charge in [0.05, 0.1) is 0 Å². The van der Waals surface area contributed by atoms with Crippen LogP contribution >= 0.6 is 0 Å². The first kappa shape index (κ1) is 13.7. The lowest BCUT2D eigenvalue weighted by Gasteiger charge is -2.22. The summed E-state index contributed by atoms with van der Waals surface area (Å²) in [5.41, 5.74) is 0.488. The number of nitriles is 2. The number of aromatic nitrogens is 2. The highest BCUT2D eigenvalue weighted by atomic mass is 15.2. The molecule has 1 rings (SSSR count). The molecule has 6 nitrogen and oxygen atoms in total. The standard InChI is InChI=1S/C12H16N6/c1-5-18(6-2)12-10(8-14)15-11(17(3)4)9(7-13)16-12/h5-6H2,1-4H3. The number of hydrogen-bond donors (Lipinski definition) is 0. The second-order valence-electron chi connectivity index (χ2n) is 3.86. The van der Waals surface area contributed by atoms with Gasteiger partial charge < -0.3 is 9.80 Å². The van der Waals surface area contributed by atoms with Crippen molar-refractivity contribution in [1.29, 1.82) is 10.5 Å². The first-order chi connectivity index (χ1) is 8.58. The molecule has 0 N–H and O–H groups in total. The van der Waals surface area contributed by atoms with E-state index in [2.05, 4.69) is 9.97 Å². The molecule has 0 atom stereocenters. The maximum atomic E-state index is 9.15. The van der Waals surface area contributed by atoms with Gasteiger partial charge in [0.2, 0.25) is 0 Å². The molecule has 0 radical (unpaired) electrons. The van der Waals surface area contributed by atoms with Crippen molar-refractivity contribution in [2.24, 2.45) is 0 Å². The summed E-state index contributed by atoms with van der Waals surface area (Å²) in [6.07, 6.45) is 0. The van der Waals surface area contributed by atoms with Crippen LogP contribution in [-0.2, 0) is 0 Å². The molecule has 0 aliphatic heterocycles. The Morgan fingerprint density at radius 2 is 1.39 bits per heavy atom. The molecule has 94 valence electrons. The zero-order chi connectivity index (χ0) is 13.7. The minimum atomic E-state index is 0.237. The van der Waals surface area contributed by atoms with Gasteiger partial charge in [0.1, 0.15) is 12.1 Å². The Bertz CT molecular complexity index is 505.